The van der Waals surface area contributed by atoms with Gasteiger partial charge >= 0.3 is 0 Å². The van der Waals surface area contributed by atoms with Crippen LogP contribution in [-0.2, 0) is 11.3 Å². The Bertz CT molecular complexity index is 491. The summed E-state index contributed by atoms with van der Waals surface area (Å²) in [6, 6.07) is 0.0293. The molecule has 1 saturated heterocycles. The van der Waals surface area contributed by atoms with Crippen LogP contribution in [-0.4, -0.2) is 47.0 Å². The highest BCUT2D eigenvalue weighted by Gasteiger charge is 2.31. The molecule has 0 aliphatic carbocycles. The van der Waals surface area contributed by atoms with Gasteiger partial charge in [-0.25, -0.2) is 0 Å². The average Bonchev–Trinajstić information content (AvgIpc) is 2.78. The number of nitrogens with zero attached hydrogens (tertiary/aromatic N) is 3. The first-order chi connectivity index (χ1) is 10.4. The van der Waals surface area contributed by atoms with Crippen LogP contribution in [0, 0.1) is 19.8 Å². The number of rotatable bonds is 5. The van der Waals surface area contributed by atoms with Gasteiger partial charge in [0.05, 0.1) is 18.3 Å². The normalized spacial score (nSPS) is 19.6. The summed E-state index contributed by atoms with van der Waals surface area (Å²) in [4.78, 5) is 17.1. The van der Waals surface area contributed by atoms with Crippen molar-refractivity contribution in [1.29, 1.82) is 0 Å². The zero-order chi connectivity index (χ0) is 16.3. The number of hydrogen-bond acceptors (Lipinski definition) is 4. The molecule has 2 rings (SSSR count). The Balaban J connectivity index is 2.04. The molecule has 0 spiro atoms. The van der Waals surface area contributed by atoms with Gasteiger partial charge in [-0.3, -0.25) is 9.69 Å². The van der Waals surface area contributed by atoms with E-state index in [9.17, 15) is 4.79 Å². The van der Waals surface area contributed by atoms with Crippen molar-refractivity contribution >= 4 is 5.91 Å². The lowest BCUT2D eigenvalue weighted by atomic mass is 9.99. The van der Waals surface area contributed by atoms with Crippen LogP contribution in [0.1, 0.15) is 50.1 Å². The van der Waals surface area contributed by atoms with Gasteiger partial charge < -0.3 is 9.42 Å². The number of carbonyl (C=O) groups excluding carboxylic acids is 1. The van der Waals surface area contributed by atoms with Gasteiger partial charge in [0.1, 0.15) is 5.76 Å². The summed E-state index contributed by atoms with van der Waals surface area (Å²) in [5.74, 6) is 1.61. The Morgan fingerprint density at radius 2 is 2.14 bits per heavy atom. The number of aryl methyl sites for hydroxylation is 2. The fourth-order valence-electron chi connectivity index (χ4n) is 3.26. The first-order valence-electron chi connectivity index (χ1n) is 8.31. The van der Waals surface area contributed by atoms with Crippen molar-refractivity contribution in [3.63, 3.8) is 0 Å². The molecule has 1 amide bonds. The molecule has 1 aliphatic rings. The highest BCUT2D eigenvalue weighted by atomic mass is 16.5. The molecule has 1 fully saturated rings. The number of likely N-dealkylation sites (N-methyl/N-ethyl adjacent to an activating group) is 1. The van der Waals surface area contributed by atoms with E-state index in [0.717, 1.165) is 42.9 Å². The van der Waals surface area contributed by atoms with E-state index < -0.39 is 0 Å². The van der Waals surface area contributed by atoms with Crippen LogP contribution in [0.4, 0.5) is 0 Å². The highest BCUT2D eigenvalue weighted by Crippen LogP contribution is 2.21. The van der Waals surface area contributed by atoms with Crippen LogP contribution in [0.5, 0.6) is 0 Å². The number of piperidine rings is 1. The van der Waals surface area contributed by atoms with Gasteiger partial charge in [0.25, 0.3) is 0 Å². The summed E-state index contributed by atoms with van der Waals surface area (Å²) in [5, 5.41) is 3.97. The van der Waals surface area contributed by atoms with E-state index in [1.54, 1.807) is 0 Å². The van der Waals surface area contributed by atoms with Gasteiger partial charge in [0.15, 0.2) is 0 Å². The van der Waals surface area contributed by atoms with E-state index >= 15 is 0 Å². The summed E-state index contributed by atoms with van der Waals surface area (Å²) in [7, 11) is 1.89. The standard InChI is InChI=1S/C17H29N3O2/c1-12(2)10-20-9-7-6-8-16(20)17(21)19(5)11-15-13(3)18-22-14(15)4/h12,16H,6-11H2,1-5H3/t16-/m1/s1. The Morgan fingerprint density at radius 3 is 2.73 bits per heavy atom. The summed E-state index contributed by atoms with van der Waals surface area (Å²) >= 11 is 0. The highest BCUT2D eigenvalue weighted by molar-refractivity contribution is 5.81. The maximum Gasteiger partial charge on any atom is 0.239 e. The van der Waals surface area contributed by atoms with Crippen molar-refractivity contribution in [2.45, 2.75) is 59.5 Å². The molecule has 5 nitrogen and oxygen atoms in total. The second kappa shape index (κ2) is 7.27. The molecule has 0 radical (unpaired) electrons. The SMILES string of the molecule is Cc1noc(C)c1CN(C)C(=O)[C@H]1CCCCN1CC(C)C. The minimum atomic E-state index is 0.0293. The van der Waals surface area contributed by atoms with Crippen LogP contribution < -0.4 is 0 Å². The van der Waals surface area contributed by atoms with Gasteiger partial charge in [-0.15, -0.1) is 0 Å². The third-order valence-corrected chi connectivity index (χ3v) is 4.45. The van der Waals surface area contributed by atoms with Gasteiger partial charge in [0.2, 0.25) is 5.91 Å². The van der Waals surface area contributed by atoms with Crippen molar-refractivity contribution in [1.82, 2.24) is 15.0 Å². The third kappa shape index (κ3) is 3.88. The monoisotopic (exact) mass is 307 g/mol. The van der Waals surface area contributed by atoms with Crippen LogP contribution in [0.2, 0.25) is 0 Å². The molecule has 1 aliphatic heterocycles. The van der Waals surface area contributed by atoms with Gasteiger partial charge in [0, 0.05) is 19.2 Å². The lowest BCUT2D eigenvalue weighted by Gasteiger charge is -2.37. The zero-order valence-electron chi connectivity index (χ0n) is 14.6. The molecule has 5 heteroatoms. The zero-order valence-corrected chi connectivity index (χ0v) is 14.6. The lowest BCUT2D eigenvalue weighted by molar-refractivity contribution is -0.137. The molecule has 0 N–H and O–H groups in total. The maximum absolute atomic E-state index is 12.9. The first kappa shape index (κ1) is 17.0. The maximum atomic E-state index is 12.9. The molecule has 1 aromatic rings. The number of aromatic nitrogens is 1. The molecule has 0 unspecified atom stereocenters. The van der Waals surface area contributed by atoms with Crippen LogP contribution >= 0.6 is 0 Å². The topological polar surface area (TPSA) is 49.6 Å². The van der Waals surface area contributed by atoms with Gasteiger partial charge in [-0.1, -0.05) is 25.4 Å². The predicted octanol–water partition coefficient (Wildman–Crippen LogP) is 2.76. The lowest BCUT2D eigenvalue weighted by Crippen LogP contribution is -2.50. The number of carbonyl (C=O) groups is 1. The Labute approximate surface area is 133 Å². The summed E-state index contributed by atoms with van der Waals surface area (Å²) in [6.45, 7) is 10.9. The Kier molecular flexibility index (Phi) is 5.62. The Morgan fingerprint density at radius 1 is 1.41 bits per heavy atom. The smallest absolute Gasteiger partial charge is 0.239 e. The molecule has 0 aromatic carbocycles. The van der Waals surface area contributed by atoms with Crippen LogP contribution in [0.15, 0.2) is 4.52 Å². The van der Waals surface area contributed by atoms with Crippen molar-refractivity contribution in [3.05, 3.63) is 17.0 Å². The number of amides is 1. The van der Waals surface area contributed by atoms with Crippen molar-refractivity contribution in [2.24, 2.45) is 5.92 Å². The summed E-state index contributed by atoms with van der Waals surface area (Å²) in [6.07, 6.45) is 3.31. The quantitative estimate of drug-likeness (QED) is 0.839. The minimum Gasteiger partial charge on any atom is -0.361 e. The van der Waals surface area contributed by atoms with E-state index in [-0.39, 0.29) is 11.9 Å². The van der Waals surface area contributed by atoms with Crippen LogP contribution in [0.25, 0.3) is 0 Å². The fraction of sp³-hybridized carbons (Fsp3) is 0.765. The molecular weight excluding hydrogens is 278 g/mol. The fourth-order valence-corrected chi connectivity index (χ4v) is 3.26. The molecule has 0 bridgehead atoms. The molecule has 1 atom stereocenters. The van der Waals surface area contributed by atoms with Gasteiger partial charge in [-0.2, -0.15) is 0 Å². The summed E-state index contributed by atoms with van der Waals surface area (Å²) in [5.41, 5.74) is 1.90. The van der Waals surface area contributed by atoms with Crippen LogP contribution in [0.3, 0.4) is 0 Å². The van der Waals surface area contributed by atoms with Gasteiger partial charge in [-0.05, 0) is 39.2 Å². The van der Waals surface area contributed by atoms with Crippen molar-refractivity contribution < 1.29 is 9.32 Å². The van der Waals surface area contributed by atoms with E-state index in [1.807, 2.05) is 25.8 Å². The molecule has 124 valence electrons. The van der Waals surface area contributed by atoms with Crippen molar-refractivity contribution in [3.8, 4) is 0 Å². The molecule has 22 heavy (non-hydrogen) atoms. The largest absolute Gasteiger partial charge is 0.361 e. The second-order valence-corrected chi connectivity index (χ2v) is 6.90. The molecule has 0 saturated carbocycles. The molecule has 2 heterocycles. The second-order valence-electron chi connectivity index (χ2n) is 6.90. The van der Waals surface area contributed by atoms with E-state index in [1.165, 1.54) is 6.42 Å². The minimum absolute atomic E-state index is 0.0293. The van der Waals surface area contributed by atoms with E-state index in [4.69, 9.17) is 4.52 Å². The molecular formula is C17H29N3O2. The number of likely N-dealkylation sites (tertiary alicyclic amines) is 1. The molecule has 1 aromatic heterocycles. The summed E-state index contributed by atoms with van der Waals surface area (Å²) < 4.78 is 5.20. The Hall–Kier alpha value is -1.36. The predicted molar refractivity (Wildman–Crippen MR) is 86.5 cm³/mol. The van der Waals surface area contributed by atoms with E-state index in [0.29, 0.717) is 12.5 Å². The van der Waals surface area contributed by atoms with Crippen molar-refractivity contribution in [2.75, 3.05) is 20.1 Å². The first-order valence-corrected chi connectivity index (χ1v) is 8.31. The third-order valence-electron chi connectivity index (χ3n) is 4.45. The van der Waals surface area contributed by atoms with E-state index in [2.05, 4.69) is 23.9 Å². The average molecular weight is 307 g/mol. The number of hydrogen-bond donors (Lipinski definition) is 0.